The average Bonchev–Trinajstić information content (AvgIpc) is 3.10. The van der Waals surface area contributed by atoms with Crippen LogP contribution in [-0.2, 0) is 19.1 Å². The Morgan fingerprint density at radius 3 is 2.31 bits per heavy atom. The molecule has 0 radical (unpaired) electrons. The highest BCUT2D eigenvalue weighted by atomic mass is 16.6. The molecule has 10 nitrogen and oxygen atoms in total. The molecule has 0 aliphatic carbocycles. The maximum Gasteiger partial charge on any atom is 0.408 e. The Hall–Kier alpha value is -2.83. The minimum atomic E-state index is -0.935. The van der Waals surface area contributed by atoms with Gasteiger partial charge in [0.05, 0.1) is 6.07 Å². The van der Waals surface area contributed by atoms with Crippen molar-refractivity contribution < 1.29 is 23.9 Å². The van der Waals surface area contributed by atoms with Crippen molar-refractivity contribution in [3.63, 3.8) is 0 Å². The first-order valence-electron chi connectivity index (χ1n) is 12.5. The summed E-state index contributed by atoms with van der Waals surface area (Å²) in [5.41, 5.74) is -1.35. The molecule has 2 heterocycles. The first kappa shape index (κ1) is 28.4. The van der Waals surface area contributed by atoms with Crippen LogP contribution < -0.4 is 21.3 Å². The van der Waals surface area contributed by atoms with Crippen LogP contribution in [0.25, 0.3) is 0 Å². The van der Waals surface area contributed by atoms with Gasteiger partial charge in [-0.3, -0.25) is 14.4 Å². The highest BCUT2D eigenvalue weighted by Gasteiger charge is 2.40. The molecule has 0 saturated carbocycles. The van der Waals surface area contributed by atoms with Gasteiger partial charge >= 0.3 is 6.09 Å². The molecular weight excluding hydrogens is 450 g/mol. The number of carbonyl (C=O) groups excluding carboxylic acids is 4. The number of amides is 4. The van der Waals surface area contributed by atoms with Crippen LogP contribution in [0.1, 0.15) is 80.1 Å². The number of ether oxygens (including phenoxy) is 1. The molecule has 0 aromatic carbocycles. The SMILES string of the molecule is CCC(C)(C)[C@@H]1NC(=O)[C@@H](NC(=O)OC(C)(C)C)CCCC[C@H]2CNC(=O)[C@H]2C[C@@H](C#N)NC1=O. The molecule has 4 N–H and O–H groups in total. The molecule has 2 aliphatic heterocycles. The zero-order valence-corrected chi connectivity index (χ0v) is 21.8. The summed E-state index contributed by atoms with van der Waals surface area (Å²) in [6.45, 7) is 11.4. The van der Waals surface area contributed by atoms with Gasteiger partial charge in [0.15, 0.2) is 0 Å². The molecule has 10 heteroatoms. The largest absolute Gasteiger partial charge is 0.444 e. The highest BCUT2D eigenvalue weighted by molar-refractivity contribution is 5.92. The molecule has 0 aromatic heterocycles. The molecule has 2 aliphatic rings. The third-order valence-electron chi connectivity index (χ3n) is 6.97. The Labute approximate surface area is 208 Å². The van der Waals surface area contributed by atoms with Crippen molar-refractivity contribution in [1.82, 2.24) is 21.3 Å². The van der Waals surface area contributed by atoms with E-state index in [1.165, 1.54) is 0 Å². The van der Waals surface area contributed by atoms with E-state index >= 15 is 0 Å². The lowest BCUT2D eigenvalue weighted by Gasteiger charge is -2.35. The molecule has 2 rings (SSSR count). The highest BCUT2D eigenvalue weighted by Crippen LogP contribution is 2.29. The zero-order valence-electron chi connectivity index (χ0n) is 21.8. The molecular formula is C25H41N5O5. The van der Waals surface area contributed by atoms with Gasteiger partial charge in [0.25, 0.3) is 0 Å². The molecule has 0 bridgehead atoms. The Morgan fingerprint density at radius 2 is 1.71 bits per heavy atom. The second-order valence-corrected chi connectivity index (χ2v) is 11.3. The zero-order chi connectivity index (χ0) is 26.4. The molecule has 4 amide bonds. The summed E-state index contributed by atoms with van der Waals surface area (Å²) >= 11 is 0. The van der Waals surface area contributed by atoms with Crippen molar-refractivity contribution in [2.24, 2.45) is 17.3 Å². The fraction of sp³-hybridized carbons (Fsp3) is 0.800. The number of nitrogens with zero attached hydrogens (tertiary/aromatic N) is 1. The summed E-state index contributed by atoms with van der Waals surface area (Å²) in [7, 11) is 0. The maximum atomic E-state index is 13.3. The summed E-state index contributed by atoms with van der Waals surface area (Å²) in [5.74, 6) is -1.36. The normalized spacial score (nSPS) is 28.9. The number of nitriles is 1. The van der Waals surface area contributed by atoms with Gasteiger partial charge in [-0.05, 0) is 57.8 Å². The van der Waals surface area contributed by atoms with Crippen molar-refractivity contribution >= 4 is 23.8 Å². The number of nitrogens with one attached hydrogen (secondary N) is 4. The third kappa shape index (κ3) is 8.11. The first-order valence-corrected chi connectivity index (χ1v) is 12.5. The maximum absolute atomic E-state index is 13.3. The topological polar surface area (TPSA) is 149 Å². The van der Waals surface area contributed by atoms with Gasteiger partial charge in [-0.2, -0.15) is 5.26 Å². The van der Waals surface area contributed by atoms with Gasteiger partial charge < -0.3 is 26.0 Å². The smallest absolute Gasteiger partial charge is 0.408 e. The van der Waals surface area contributed by atoms with E-state index in [-0.39, 0.29) is 24.2 Å². The molecule has 196 valence electrons. The summed E-state index contributed by atoms with van der Waals surface area (Å²) < 4.78 is 5.34. The number of alkyl carbamates (subject to hydrolysis) is 1. The van der Waals surface area contributed by atoms with E-state index < -0.39 is 47.0 Å². The standard InChI is InChI=1S/C25H41N5O5/c1-7-25(5,6)19-22(33)28-16(13-26)12-17-15(14-27-20(17)31)10-8-9-11-18(21(32)30-19)29-23(34)35-24(2,3)4/h15-19H,7-12,14H2,1-6H3,(H,27,31)(H,28,33)(H,29,34)(H,30,32)/t15-,16-,17-,18-,19+/m0/s1. The van der Waals surface area contributed by atoms with E-state index in [1.807, 2.05) is 20.8 Å². The molecule has 0 unspecified atom stereocenters. The monoisotopic (exact) mass is 491 g/mol. The predicted molar refractivity (Wildman–Crippen MR) is 130 cm³/mol. The van der Waals surface area contributed by atoms with Gasteiger partial charge in [-0.1, -0.05) is 33.6 Å². The lowest BCUT2D eigenvalue weighted by molar-refractivity contribution is -0.133. The van der Waals surface area contributed by atoms with Crippen LogP contribution in [-0.4, -0.2) is 54.1 Å². The summed E-state index contributed by atoms with van der Waals surface area (Å²) in [6.07, 6.45) is 2.61. The number of hydrogen-bond acceptors (Lipinski definition) is 6. The minimum absolute atomic E-state index is 0.0483. The van der Waals surface area contributed by atoms with Crippen LogP contribution in [0.2, 0.25) is 0 Å². The van der Waals surface area contributed by atoms with Crippen LogP contribution >= 0.6 is 0 Å². The van der Waals surface area contributed by atoms with Crippen LogP contribution in [0, 0.1) is 28.6 Å². The lowest BCUT2D eigenvalue weighted by Crippen LogP contribution is -2.59. The molecule has 2 fully saturated rings. The van der Waals surface area contributed by atoms with E-state index in [2.05, 4.69) is 27.3 Å². The van der Waals surface area contributed by atoms with E-state index in [0.717, 1.165) is 12.8 Å². The molecule has 2 saturated heterocycles. The average molecular weight is 492 g/mol. The van der Waals surface area contributed by atoms with Crippen LogP contribution in [0.3, 0.4) is 0 Å². The number of fused-ring (bicyclic) bond motifs is 1. The van der Waals surface area contributed by atoms with Gasteiger partial charge in [0.2, 0.25) is 17.7 Å². The lowest BCUT2D eigenvalue weighted by atomic mass is 9.80. The van der Waals surface area contributed by atoms with Crippen LogP contribution in [0.4, 0.5) is 4.79 Å². The Balaban J connectivity index is 2.33. The predicted octanol–water partition coefficient (Wildman–Crippen LogP) is 2.14. The number of rotatable bonds is 3. The molecule has 0 aromatic rings. The van der Waals surface area contributed by atoms with Gasteiger partial charge in [0.1, 0.15) is 23.7 Å². The second-order valence-electron chi connectivity index (χ2n) is 11.3. The fourth-order valence-corrected chi connectivity index (χ4v) is 4.51. The van der Waals surface area contributed by atoms with Crippen molar-refractivity contribution in [1.29, 1.82) is 5.26 Å². The molecule has 35 heavy (non-hydrogen) atoms. The van der Waals surface area contributed by atoms with Gasteiger partial charge in [-0.15, -0.1) is 0 Å². The molecule has 5 atom stereocenters. The Bertz CT molecular complexity index is 844. The van der Waals surface area contributed by atoms with E-state index in [9.17, 15) is 24.4 Å². The second kappa shape index (κ2) is 11.7. The fourth-order valence-electron chi connectivity index (χ4n) is 4.51. The van der Waals surface area contributed by atoms with Gasteiger partial charge in [-0.25, -0.2) is 4.79 Å². The van der Waals surface area contributed by atoms with Gasteiger partial charge in [0, 0.05) is 12.5 Å². The van der Waals surface area contributed by atoms with Crippen molar-refractivity contribution in [2.45, 2.75) is 104 Å². The third-order valence-corrected chi connectivity index (χ3v) is 6.97. The van der Waals surface area contributed by atoms with Crippen LogP contribution in [0.15, 0.2) is 0 Å². The van der Waals surface area contributed by atoms with Crippen molar-refractivity contribution in [3.8, 4) is 6.07 Å². The Kier molecular flexibility index (Phi) is 9.52. The molecule has 0 spiro atoms. The number of carbonyl (C=O) groups is 4. The van der Waals surface area contributed by atoms with E-state index in [0.29, 0.717) is 25.8 Å². The van der Waals surface area contributed by atoms with Crippen molar-refractivity contribution in [3.05, 3.63) is 0 Å². The summed E-state index contributed by atoms with van der Waals surface area (Å²) in [6, 6.07) is -0.572. The van der Waals surface area contributed by atoms with Crippen molar-refractivity contribution in [2.75, 3.05) is 6.54 Å². The quantitative estimate of drug-likeness (QED) is 0.475. The summed E-state index contributed by atoms with van der Waals surface area (Å²) in [4.78, 5) is 51.5. The van der Waals surface area contributed by atoms with E-state index in [1.54, 1.807) is 20.8 Å². The Morgan fingerprint density at radius 1 is 1.06 bits per heavy atom. The van der Waals surface area contributed by atoms with Crippen LogP contribution in [0.5, 0.6) is 0 Å². The van der Waals surface area contributed by atoms with E-state index in [4.69, 9.17) is 4.74 Å². The number of hydrogen-bond donors (Lipinski definition) is 4. The first-order chi connectivity index (χ1) is 16.3. The minimum Gasteiger partial charge on any atom is -0.444 e. The summed E-state index contributed by atoms with van der Waals surface area (Å²) in [5, 5.41) is 20.8.